The zero-order chi connectivity index (χ0) is 25.6. The molecule has 8 heteroatoms. The standard InChI is InChI=1S/C28H24FN3O4/c1-28(2)15-22-25(24(33)16-28)26(18-6-5-7-20(14-18)32(35)36)31(23-9-4-3-8-21(23)30-22)27(34)17-10-12-19(29)13-11-17/h3-14,26,30H,15-16H2,1-2H3. The van der Waals surface area contributed by atoms with E-state index in [0.717, 1.165) is 0 Å². The predicted octanol–water partition coefficient (Wildman–Crippen LogP) is 6.19. The quantitative estimate of drug-likeness (QED) is 0.353. The predicted molar refractivity (Wildman–Crippen MR) is 134 cm³/mol. The summed E-state index contributed by atoms with van der Waals surface area (Å²) in [6, 6.07) is 17.5. The van der Waals surface area contributed by atoms with Gasteiger partial charge in [-0.1, -0.05) is 38.1 Å². The third-order valence-corrected chi connectivity index (χ3v) is 6.61. The minimum atomic E-state index is -0.919. The Kier molecular flexibility index (Phi) is 5.67. The van der Waals surface area contributed by atoms with Crippen LogP contribution in [0.5, 0.6) is 0 Å². The van der Waals surface area contributed by atoms with Crippen LogP contribution in [0.3, 0.4) is 0 Å². The molecule has 0 aromatic heterocycles. The second kappa shape index (κ2) is 8.71. The number of benzene rings is 3. The summed E-state index contributed by atoms with van der Waals surface area (Å²) < 4.78 is 13.7. The van der Waals surface area contributed by atoms with Gasteiger partial charge in [-0.15, -0.1) is 0 Å². The van der Waals surface area contributed by atoms with Gasteiger partial charge in [0.15, 0.2) is 5.78 Å². The van der Waals surface area contributed by atoms with Crippen molar-refractivity contribution in [2.24, 2.45) is 5.41 Å². The van der Waals surface area contributed by atoms with Crippen LogP contribution in [0.25, 0.3) is 0 Å². The molecule has 1 unspecified atom stereocenters. The van der Waals surface area contributed by atoms with Crippen molar-refractivity contribution in [3.63, 3.8) is 0 Å². The number of para-hydroxylation sites is 2. The average molecular weight is 486 g/mol. The summed E-state index contributed by atoms with van der Waals surface area (Å²) in [4.78, 5) is 40.3. The van der Waals surface area contributed by atoms with E-state index >= 15 is 0 Å². The number of hydrogen-bond donors (Lipinski definition) is 1. The van der Waals surface area contributed by atoms with Crippen LogP contribution in [-0.2, 0) is 4.79 Å². The Morgan fingerprint density at radius 1 is 1.06 bits per heavy atom. The fourth-order valence-electron chi connectivity index (χ4n) is 5.07. The lowest BCUT2D eigenvalue weighted by molar-refractivity contribution is -0.384. The molecule has 3 aromatic rings. The number of fused-ring (bicyclic) bond motifs is 1. The molecule has 7 nitrogen and oxygen atoms in total. The number of rotatable bonds is 3. The van der Waals surface area contributed by atoms with Crippen molar-refractivity contribution in [2.45, 2.75) is 32.7 Å². The fourth-order valence-corrected chi connectivity index (χ4v) is 5.07. The van der Waals surface area contributed by atoms with Crippen LogP contribution in [0.4, 0.5) is 21.5 Å². The van der Waals surface area contributed by atoms with Gasteiger partial charge >= 0.3 is 0 Å². The number of non-ortho nitro benzene ring substituents is 1. The molecule has 0 saturated carbocycles. The highest BCUT2D eigenvalue weighted by molar-refractivity contribution is 6.12. The van der Waals surface area contributed by atoms with Crippen molar-refractivity contribution in [1.29, 1.82) is 0 Å². The number of anilines is 2. The van der Waals surface area contributed by atoms with E-state index < -0.39 is 22.7 Å². The third-order valence-electron chi connectivity index (χ3n) is 6.61. The van der Waals surface area contributed by atoms with Crippen LogP contribution in [0.1, 0.15) is 48.7 Å². The molecule has 1 amide bonds. The molecule has 1 aliphatic heterocycles. The topological polar surface area (TPSA) is 92.6 Å². The summed E-state index contributed by atoms with van der Waals surface area (Å²) in [6.07, 6.45) is 0.834. The number of hydrogen-bond acceptors (Lipinski definition) is 5. The van der Waals surface area contributed by atoms with E-state index in [1.807, 2.05) is 26.0 Å². The fraction of sp³-hybridized carbons (Fsp3) is 0.214. The molecule has 0 radical (unpaired) electrons. The van der Waals surface area contributed by atoms with Gasteiger partial charge in [-0.05, 0) is 53.8 Å². The van der Waals surface area contributed by atoms with Gasteiger partial charge in [0.25, 0.3) is 11.6 Å². The molecule has 1 heterocycles. The highest BCUT2D eigenvalue weighted by Gasteiger charge is 2.43. The number of nitrogens with zero attached hydrogens (tertiary/aromatic N) is 2. The molecule has 0 saturated heterocycles. The first-order chi connectivity index (χ1) is 17.1. The van der Waals surface area contributed by atoms with Gasteiger partial charge in [0, 0.05) is 35.4 Å². The Balaban J connectivity index is 1.80. The Morgan fingerprint density at radius 2 is 1.78 bits per heavy atom. The highest BCUT2D eigenvalue weighted by Crippen LogP contribution is 2.49. The number of nitro groups is 1. The van der Waals surface area contributed by atoms with Crippen molar-refractivity contribution in [3.05, 3.63) is 111 Å². The maximum Gasteiger partial charge on any atom is 0.269 e. The SMILES string of the molecule is CC1(C)CC(=O)C2=C(C1)Nc1ccccc1N(C(=O)c1ccc(F)cc1)C2c1cccc([N+](=O)[O-])c1. The van der Waals surface area contributed by atoms with E-state index in [-0.39, 0.29) is 28.9 Å². The number of carbonyl (C=O) groups is 2. The number of nitrogens with one attached hydrogen (secondary N) is 1. The molecule has 0 bridgehead atoms. The molecule has 1 aliphatic carbocycles. The Labute approximate surface area is 207 Å². The summed E-state index contributed by atoms with van der Waals surface area (Å²) >= 11 is 0. The molecule has 1 N–H and O–H groups in total. The van der Waals surface area contributed by atoms with Gasteiger partial charge in [-0.25, -0.2) is 4.39 Å². The van der Waals surface area contributed by atoms with E-state index in [9.17, 15) is 24.1 Å². The normalized spacial score (nSPS) is 18.6. The van der Waals surface area contributed by atoms with Crippen LogP contribution in [0.2, 0.25) is 0 Å². The van der Waals surface area contributed by atoms with Gasteiger partial charge in [0.1, 0.15) is 5.82 Å². The average Bonchev–Trinajstić information content (AvgIpc) is 2.97. The summed E-state index contributed by atoms with van der Waals surface area (Å²) in [5.74, 6) is -1.06. The van der Waals surface area contributed by atoms with Gasteiger partial charge < -0.3 is 5.32 Å². The second-order valence-electron chi connectivity index (χ2n) is 9.91. The molecule has 0 fully saturated rings. The zero-order valence-corrected chi connectivity index (χ0v) is 19.8. The van der Waals surface area contributed by atoms with Crippen LogP contribution in [-0.4, -0.2) is 16.6 Å². The lowest BCUT2D eigenvalue weighted by Gasteiger charge is -2.37. The summed E-state index contributed by atoms with van der Waals surface area (Å²) in [5.41, 5.74) is 2.48. The number of Topliss-reactive ketones (excluding diaryl/α,β-unsaturated/α-hetero) is 1. The Hall–Kier alpha value is -4.33. The number of carbonyl (C=O) groups excluding carboxylic acids is 2. The van der Waals surface area contributed by atoms with Crippen molar-refractivity contribution >= 4 is 28.8 Å². The first-order valence-corrected chi connectivity index (χ1v) is 11.6. The van der Waals surface area contributed by atoms with Crippen LogP contribution in [0.15, 0.2) is 84.1 Å². The molecule has 2 aliphatic rings. The van der Waals surface area contributed by atoms with E-state index in [1.54, 1.807) is 24.3 Å². The number of allylic oxidation sites excluding steroid dienone is 1. The molecular formula is C28H24FN3O4. The molecule has 182 valence electrons. The summed E-state index contributed by atoms with van der Waals surface area (Å²) in [6.45, 7) is 4.02. The Morgan fingerprint density at radius 3 is 2.50 bits per heavy atom. The molecule has 36 heavy (non-hydrogen) atoms. The monoisotopic (exact) mass is 485 g/mol. The number of nitro benzene ring substituents is 1. The first-order valence-electron chi connectivity index (χ1n) is 11.6. The molecular weight excluding hydrogens is 461 g/mol. The molecule has 1 atom stereocenters. The van der Waals surface area contributed by atoms with Crippen molar-refractivity contribution in [1.82, 2.24) is 0 Å². The highest BCUT2D eigenvalue weighted by atomic mass is 19.1. The smallest absolute Gasteiger partial charge is 0.269 e. The number of ketones is 1. The third kappa shape index (κ3) is 4.15. The first kappa shape index (κ1) is 23.4. The summed E-state index contributed by atoms with van der Waals surface area (Å²) in [5, 5.41) is 15.0. The van der Waals surface area contributed by atoms with Gasteiger partial charge in [-0.3, -0.25) is 24.6 Å². The minimum Gasteiger partial charge on any atom is -0.357 e. The van der Waals surface area contributed by atoms with Crippen molar-refractivity contribution < 1.29 is 18.9 Å². The lowest BCUT2D eigenvalue weighted by atomic mass is 9.73. The number of halogens is 1. The molecule has 0 spiro atoms. The van der Waals surface area contributed by atoms with E-state index in [1.165, 1.54) is 41.3 Å². The second-order valence-corrected chi connectivity index (χ2v) is 9.91. The van der Waals surface area contributed by atoms with Gasteiger partial charge in [-0.2, -0.15) is 0 Å². The minimum absolute atomic E-state index is 0.130. The summed E-state index contributed by atoms with van der Waals surface area (Å²) in [7, 11) is 0. The largest absolute Gasteiger partial charge is 0.357 e. The molecule has 5 rings (SSSR count). The maximum absolute atomic E-state index is 14.0. The lowest BCUT2D eigenvalue weighted by Crippen LogP contribution is -2.39. The maximum atomic E-state index is 14.0. The Bertz CT molecular complexity index is 1430. The van der Waals surface area contributed by atoms with Crippen LogP contribution in [0, 0.1) is 21.3 Å². The van der Waals surface area contributed by atoms with E-state index in [4.69, 9.17) is 0 Å². The zero-order valence-electron chi connectivity index (χ0n) is 19.8. The van der Waals surface area contributed by atoms with Crippen LogP contribution >= 0.6 is 0 Å². The van der Waals surface area contributed by atoms with E-state index in [0.29, 0.717) is 34.6 Å². The molecule has 3 aromatic carbocycles. The van der Waals surface area contributed by atoms with Crippen LogP contribution < -0.4 is 10.2 Å². The van der Waals surface area contributed by atoms with E-state index in [2.05, 4.69) is 5.32 Å². The number of amides is 1. The van der Waals surface area contributed by atoms with Gasteiger partial charge in [0.05, 0.1) is 22.3 Å². The van der Waals surface area contributed by atoms with Gasteiger partial charge in [0.2, 0.25) is 0 Å². The van der Waals surface area contributed by atoms with Crippen molar-refractivity contribution in [3.8, 4) is 0 Å². The van der Waals surface area contributed by atoms with Crippen molar-refractivity contribution in [2.75, 3.05) is 10.2 Å².